The number of phenolic OH excluding ortho intramolecular Hbond substituents is 1. The molecule has 2 aliphatic carbocycles. The van der Waals surface area contributed by atoms with Gasteiger partial charge in [0.25, 0.3) is 0 Å². The van der Waals surface area contributed by atoms with Crippen LogP contribution in [0.25, 0.3) is 0 Å². The molecule has 1 heterocycles. The highest BCUT2D eigenvalue weighted by molar-refractivity contribution is 9.12. The highest BCUT2D eigenvalue weighted by Crippen LogP contribution is 2.60. The second-order valence-corrected chi connectivity index (χ2v) is 8.98. The molecule has 0 unspecified atom stereocenters. The lowest BCUT2D eigenvalue weighted by Crippen LogP contribution is -2.39. The van der Waals surface area contributed by atoms with Crippen molar-refractivity contribution in [3.63, 3.8) is 0 Å². The van der Waals surface area contributed by atoms with E-state index >= 15 is 0 Å². The van der Waals surface area contributed by atoms with Gasteiger partial charge in [0.15, 0.2) is 0 Å². The number of amides is 3. The van der Waals surface area contributed by atoms with Crippen molar-refractivity contribution >= 4 is 55.3 Å². The van der Waals surface area contributed by atoms with Gasteiger partial charge in [0.05, 0.1) is 11.8 Å². The molecule has 3 aliphatic rings. The van der Waals surface area contributed by atoms with Gasteiger partial charge in [-0.1, -0.05) is 37.9 Å². The summed E-state index contributed by atoms with van der Waals surface area (Å²) in [5, 5.41) is 12.0. The first-order chi connectivity index (χ1) is 11.9. The zero-order valence-electron chi connectivity index (χ0n) is 13.1. The van der Waals surface area contributed by atoms with Crippen molar-refractivity contribution in [2.75, 3.05) is 11.9 Å². The van der Waals surface area contributed by atoms with Crippen LogP contribution in [-0.2, 0) is 14.4 Å². The number of imide groups is 1. The summed E-state index contributed by atoms with van der Waals surface area (Å²) >= 11 is 7.27. The fraction of sp³-hybridized carbons (Fsp3) is 0.471. The Hall–Kier alpha value is -1.41. The Morgan fingerprint density at radius 2 is 1.76 bits per heavy atom. The maximum Gasteiger partial charge on any atom is 0.244 e. The maximum atomic E-state index is 12.7. The minimum Gasteiger partial charge on any atom is -0.508 e. The Labute approximate surface area is 161 Å². The molecule has 6 atom stereocenters. The Balaban J connectivity index is 1.48. The minimum atomic E-state index is -0.453. The SMILES string of the molecule is O=C(CN1C(=O)[C@@H]2[C@@H]3C[C@@H]([C@@H](Br)[C@@H]3Br)[C@@H]2C1=O)Nc1cccc(O)c1. The van der Waals surface area contributed by atoms with Crippen LogP contribution in [0, 0.1) is 23.7 Å². The summed E-state index contributed by atoms with van der Waals surface area (Å²) in [5.74, 6) is -1.26. The highest BCUT2D eigenvalue weighted by Gasteiger charge is 2.66. The number of nitrogens with one attached hydrogen (secondary N) is 1. The van der Waals surface area contributed by atoms with Gasteiger partial charge in [-0.15, -0.1) is 0 Å². The zero-order chi connectivity index (χ0) is 17.9. The van der Waals surface area contributed by atoms with Gasteiger partial charge in [-0.05, 0) is 30.4 Å². The number of alkyl halides is 2. The van der Waals surface area contributed by atoms with Gasteiger partial charge in [0.2, 0.25) is 17.7 Å². The van der Waals surface area contributed by atoms with Gasteiger partial charge in [0.1, 0.15) is 12.3 Å². The van der Waals surface area contributed by atoms with E-state index in [1.165, 1.54) is 12.1 Å². The van der Waals surface area contributed by atoms with Crippen LogP contribution in [0.4, 0.5) is 5.69 Å². The molecule has 8 heteroatoms. The van der Waals surface area contributed by atoms with Crippen molar-refractivity contribution in [3.05, 3.63) is 24.3 Å². The third-order valence-electron chi connectivity index (χ3n) is 5.51. The first-order valence-electron chi connectivity index (χ1n) is 8.10. The van der Waals surface area contributed by atoms with E-state index in [0.717, 1.165) is 11.3 Å². The van der Waals surface area contributed by atoms with E-state index in [1.807, 2.05) is 0 Å². The quantitative estimate of drug-likeness (QED) is 0.522. The van der Waals surface area contributed by atoms with Gasteiger partial charge < -0.3 is 10.4 Å². The van der Waals surface area contributed by atoms with Crippen molar-refractivity contribution in [3.8, 4) is 5.75 Å². The summed E-state index contributed by atoms with van der Waals surface area (Å²) in [7, 11) is 0. The topological polar surface area (TPSA) is 86.7 Å². The van der Waals surface area contributed by atoms with Crippen LogP contribution in [0.1, 0.15) is 6.42 Å². The first-order valence-corrected chi connectivity index (χ1v) is 9.94. The zero-order valence-corrected chi connectivity index (χ0v) is 16.2. The van der Waals surface area contributed by atoms with Crippen molar-refractivity contribution in [1.82, 2.24) is 4.90 Å². The average molecular weight is 472 g/mol. The smallest absolute Gasteiger partial charge is 0.244 e. The predicted octanol–water partition coefficient (Wildman–Crippen LogP) is 2.11. The van der Waals surface area contributed by atoms with Gasteiger partial charge in [-0.2, -0.15) is 0 Å². The normalized spacial score (nSPS) is 36.0. The van der Waals surface area contributed by atoms with Crippen molar-refractivity contribution < 1.29 is 19.5 Å². The van der Waals surface area contributed by atoms with E-state index in [1.54, 1.807) is 12.1 Å². The second kappa shape index (κ2) is 6.09. The fourth-order valence-corrected chi connectivity index (χ4v) is 6.37. The fourth-order valence-electron chi connectivity index (χ4n) is 4.49. The molecule has 0 spiro atoms. The van der Waals surface area contributed by atoms with E-state index in [4.69, 9.17) is 0 Å². The number of nitrogens with zero attached hydrogens (tertiary/aromatic N) is 1. The van der Waals surface area contributed by atoms with Crippen LogP contribution in [-0.4, -0.2) is 43.9 Å². The Bertz CT molecular complexity index is 739. The summed E-state index contributed by atoms with van der Waals surface area (Å²) < 4.78 is 0. The molecule has 2 N–H and O–H groups in total. The number of anilines is 1. The summed E-state index contributed by atoms with van der Waals surface area (Å²) in [6, 6.07) is 6.13. The van der Waals surface area contributed by atoms with Crippen molar-refractivity contribution in [1.29, 1.82) is 0 Å². The van der Waals surface area contributed by atoms with E-state index in [-0.39, 0.29) is 57.4 Å². The number of likely N-dealkylation sites (tertiary alicyclic amines) is 1. The van der Waals surface area contributed by atoms with E-state index in [0.29, 0.717) is 5.69 Å². The second-order valence-electron chi connectivity index (χ2n) is 6.86. The molecule has 1 aromatic carbocycles. The molecule has 1 aromatic rings. The Morgan fingerprint density at radius 1 is 1.16 bits per heavy atom. The molecule has 2 saturated carbocycles. The Morgan fingerprint density at radius 3 is 2.32 bits per heavy atom. The molecule has 1 aliphatic heterocycles. The third-order valence-corrected chi connectivity index (χ3v) is 8.72. The molecule has 25 heavy (non-hydrogen) atoms. The number of phenols is 1. The van der Waals surface area contributed by atoms with E-state index in [2.05, 4.69) is 37.2 Å². The maximum absolute atomic E-state index is 12.7. The molecule has 2 bridgehead atoms. The molecule has 0 aromatic heterocycles. The van der Waals surface area contributed by atoms with Gasteiger partial charge in [-0.3, -0.25) is 19.3 Å². The molecule has 6 nitrogen and oxygen atoms in total. The number of halogens is 2. The monoisotopic (exact) mass is 470 g/mol. The number of hydrogen-bond donors (Lipinski definition) is 2. The number of aromatic hydroxyl groups is 1. The van der Waals surface area contributed by atoms with Gasteiger partial charge in [-0.25, -0.2) is 0 Å². The third kappa shape index (κ3) is 2.61. The lowest BCUT2D eigenvalue weighted by atomic mass is 9.81. The van der Waals surface area contributed by atoms with Gasteiger partial charge in [0, 0.05) is 21.4 Å². The molecule has 132 valence electrons. The Kier molecular flexibility index (Phi) is 4.15. The van der Waals surface area contributed by atoms with E-state index in [9.17, 15) is 19.5 Å². The summed E-state index contributed by atoms with van der Waals surface area (Å²) in [6.45, 7) is -0.292. The summed E-state index contributed by atoms with van der Waals surface area (Å²) in [5.41, 5.74) is 0.422. The number of hydrogen-bond acceptors (Lipinski definition) is 4. The van der Waals surface area contributed by atoms with Crippen LogP contribution >= 0.6 is 31.9 Å². The molecule has 3 amide bonds. The number of rotatable bonds is 3. The lowest BCUT2D eigenvalue weighted by Gasteiger charge is -2.28. The van der Waals surface area contributed by atoms with Crippen molar-refractivity contribution in [2.24, 2.45) is 23.7 Å². The molecule has 3 fully saturated rings. The largest absolute Gasteiger partial charge is 0.508 e. The lowest BCUT2D eigenvalue weighted by molar-refractivity contribution is -0.143. The van der Waals surface area contributed by atoms with Gasteiger partial charge >= 0.3 is 0 Å². The molecular weight excluding hydrogens is 456 g/mol. The molecular formula is C17H16Br2N2O4. The van der Waals surface area contributed by atoms with E-state index < -0.39 is 5.91 Å². The number of carbonyl (C=O) groups is 3. The number of carbonyl (C=O) groups excluding carboxylic acids is 3. The molecule has 1 saturated heterocycles. The average Bonchev–Trinajstić information content (AvgIpc) is 3.15. The van der Waals surface area contributed by atoms with Crippen LogP contribution in [0.5, 0.6) is 5.75 Å². The van der Waals surface area contributed by atoms with Crippen molar-refractivity contribution in [2.45, 2.75) is 16.1 Å². The van der Waals surface area contributed by atoms with Crippen LogP contribution in [0.15, 0.2) is 24.3 Å². The van der Waals surface area contributed by atoms with Crippen LogP contribution in [0.2, 0.25) is 0 Å². The summed E-state index contributed by atoms with van der Waals surface area (Å²) in [6.07, 6.45) is 0.863. The molecule has 4 rings (SSSR count). The standard InChI is InChI=1S/C17H16Br2N2O4/c18-14-9-5-10(15(14)19)13-12(9)16(24)21(17(13)25)6-11(23)20-7-2-1-3-8(22)4-7/h1-4,9-10,12-15,22H,5-6H2,(H,20,23)/t9-,10+,12+,13-,14-,15-/m1/s1. The number of benzene rings is 1. The van der Waals surface area contributed by atoms with Crippen LogP contribution in [0.3, 0.4) is 0 Å². The number of fused-ring (bicyclic) bond motifs is 5. The highest BCUT2D eigenvalue weighted by atomic mass is 79.9. The minimum absolute atomic E-state index is 0.0314. The van der Waals surface area contributed by atoms with Crippen LogP contribution < -0.4 is 5.32 Å². The molecule has 0 radical (unpaired) electrons. The summed E-state index contributed by atoms with van der Waals surface area (Å²) in [4.78, 5) is 39.2. The first kappa shape index (κ1) is 17.0. The predicted molar refractivity (Wildman–Crippen MR) is 97.5 cm³/mol.